The summed E-state index contributed by atoms with van der Waals surface area (Å²) < 4.78 is 0. The Balaban J connectivity index is 1.82. The van der Waals surface area contributed by atoms with Gasteiger partial charge in [0, 0.05) is 12.4 Å². The van der Waals surface area contributed by atoms with Crippen LogP contribution >= 0.6 is 0 Å². The molecule has 1 aromatic heterocycles. The molecular weight excluding hydrogens is 262 g/mol. The zero-order valence-electron chi connectivity index (χ0n) is 12.2. The van der Waals surface area contributed by atoms with E-state index in [-0.39, 0.29) is 11.9 Å². The summed E-state index contributed by atoms with van der Waals surface area (Å²) in [5, 5.41) is 2.94. The molecule has 4 nitrogen and oxygen atoms in total. The van der Waals surface area contributed by atoms with Gasteiger partial charge in [0.1, 0.15) is 0 Å². The van der Waals surface area contributed by atoms with E-state index in [1.165, 1.54) is 5.56 Å². The summed E-state index contributed by atoms with van der Waals surface area (Å²) in [4.78, 5) is 16.1. The highest BCUT2D eigenvalue weighted by molar-refractivity contribution is 5.81. The lowest BCUT2D eigenvalue weighted by Crippen LogP contribution is -2.41. The second kappa shape index (κ2) is 7.55. The van der Waals surface area contributed by atoms with Crippen molar-refractivity contribution in [2.45, 2.75) is 31.8 Å². The van der Waals surface area contributed by atoms with Crippen molar-refractivity contribution < 1.29 is 4.79 Å². The molecule has 1 unspecified atom stereocenters. The number of nitrogens with zero attached hydrogens (tertiary/aromatic N) is 1. The first kappa shape index (κ1) is 15.2. The van der Waals surface area contributed by atoms with Gasteiger partial charge in [0.05, 0.1) is 12.1 Å². The quantitative estimate of drug-likeness (QED) is 0.854. The third kappa shape index (κ3) is 4.68. The molecule has 110 valence electrons. The first-order valence-corrected chi connectivity index (χ1v) is 7.16. The van der Waals surface area contributed by atoms with Gasteiger partial charge >= 0.3 is 0 Å². The smallest absolute Gasteiger partial charge is 0.237 e. The molecule has 0 fully saturated rings. The van der Waals surface area contributed by atoms with Crippen LogP contribution in [0.5, 0.6) is 0 Å². The normalized spacial score (nSPS) is 13.4. The van der Waals surface area contributed by atoms with E-state index in [0.717, 1.165) is 12.0 Å². The zero-order valence-corrected chi connectivity index (χ0v) is 12.2. The number of aryl methyl sites for hydroxylation is 1. The average Bonchev–Trinajstić information content (AvgIpc) is 2.54. The topological polar surface area (TPSA) is 68.0 Å². The first-order chi connectivity index (χ1) is 10.2. The molecule has 0 aliphatic rings. The van der Waals surface area contributed by atoms with Crippen molar-refractivity contribution in [3.8, 4) is 0 Å². The molecular formula is C17H21N3O. The number of nitrogens with one attached hydrogen (secondary N) is 1. The number of carbonyl (C=O) groups excluding carboxylic acids is 1. The molecule has 0 aliphatic heterocycles. The molecule has 1 amide bonds. The molecule has 1 heterocycles. The van der Waals surface area contributed by atoms with Crippen LogP contribution in [-0.2, 0) is 11.2 Å². The fraction of sp³-hybridized carbons (Fsp3) is 0.294. The maximum absolute atomic E-state index is 12.1. The summed E-state index contributed by atoms with van der Waals surface area (Å²) in [7, 11) is 0. The highest BCUT2D eigenvalue weighted by atomic mass is 16.2. The molecule has 0 radical (unpaired) electrons. The average molecular weight is 283 g/mol. The molecule has 2 rings (SSSR count). The van der Waals surface area contributed by atoms with Gasteiger partial charge in [-0.3, -0.25) is 9.78 Å². The number of aromatic nitrogens is 1. The number of carbonyl (C=O) groups is 1. The Morgan fingerprint density at radius 3 is 2.52 bits per heavy atom. The second-order valence-electron chi connectivity index (χ2n) is 5.14. The number of rotatable bonds is 6. The minimum absolute atomic E-state index is 0.0664. The summed E-state index contributed by atoms with van der Waals surface area (Å²) in [6.07, 6.45) is 4.87. The largest absolute Gasteiger partial charge is 0.348 e. The van der Waals surface area contributed by atoms with Crippen LogP contribution in [0.2, 0.25) is 0 Å². The Hall–Kier alpha value is -2.20. The fourth-order valence-corrected chi connectivity index (χ4v) is 2.15. The van der Waals surface area contributed by atoms with E-state index in [9.17, 15) is 4.79 Å². The van der Waals surface area contributed by atoms with Gasteiger partial charge in [0.2, 0.25) is 5.91 Å². The van der Waals surface area contributed by atoms with E-state index in [2.05, 4.69) is 10.3 Å². The Bertz CT molecular complexity index is 557. The van der Waals surface area contributed by atoms with Crippen molar-refractivity contribution in [3.63, 3.8) is 0 Å². The number of benzene rings is 1. The van der Waals surface area contributed by atoms with Gasteiger partial charge in [-0.05, 0) is 43.0 Å². The third-order valence-corrected chi connectivity index (χ3v) is 3.49. The Morgan fingerprint density at radius 2 is 1.86 bits per heavy atom. The van der Waals surface area contributed by atoms with Gasteiger partial charge in [0.15, 0.2) is 0 Å². The highest BCUT2D eigenvalue weighted by Gasteiger charge is 2.16. The van der Waals surface area contributed by atoms with E-state index in [1.807, 2.05) is 49.4 Å². The lowest BCUT2D eigenvalue weighted by molar-refractivity contribution is -0.123. The molecule has 0 bridgehead atoms. The molecule has 2 aromatic rings. The molecule has 3 N–H and O–H groups in total. The maximum Gasteiger partial charge on any atom is 0.237 e. The fourth-order valence-electron chi connectivity index (χ4n) is 2.15. The van der Waals surface area contributed by atoms with Crippen molar-refractivity contribution in [1.29, 1.82) is 0 Å². The number of hydrogen-bond donors (Lipinski definition) is 2. The van der Waals surface area contributed by atoms with Crippen LogP contribution in [0.4, 0.5) is 0 Å². The van der Waals surface area contributed by atoms with E-state index in [4.69, 9.17) is 5.73 Å². The van der Waals surface area contributed by atoms with Crippen LogP contribution in [0, 0.1) is 0 Å². The number of nitrogens with two attached hydrogens (primary N) is 1. The number of pyridine rings is 1. The van der Waals surface area contributed by atoms with Crippen LogP contribution < -0.4 is 11.1 Å². The summed E-state index contributed by atoms with van der Waals surface area (Å²) in [5.74, 6) is -0.116. The number of hydrogen-bond acceptors (Lipinski definition) is 3. The molecule has 0 aliphatic carbocycles. The van der Waals surface area contributed by atoms with Gasteiger partial charge in [0.25, 0.3) is 0 Å². The van der Waals surface area contributed by atoms with Gasteiger partial charge in [-0.25, -0.2) is 0 Å². The van der Waals surface area contributed by atoms with Gasteiger partial charge in [-0.15, -0.1) is 0 Å². The number of amides is 1. The molecule has 2 atom stereocenters. The Kier molecular flexibility index (Phi) is 5.46. The predicted molar refractivity (Wildman–Crippen MR) is 83.5 cm³/mol. The van der Waals surface area contributed by atoms with Gasteiger partial charge < -0.3 is 11.1 Å². The summed E-state index contributed by atoms with van der Waals surface area (Å²) in [6.45, 7) is 1.94. The zero-order chi connectivity index (χ0) is 15.1. The molecule has 1 aromatic carbocycles. The van der Waals surface area contributed by atoms with Crippen molar-refractivity contribution in [3.05, 3.63) is 66.0 Å². The Morgan fingerprint density at radius 1 is 1.19 bits per heavy atom. The van der Waals surface area contributed by atoms with Crippen molar-refractivity contribution in [1.82, 2.24) is 10.3 Å². The lowest BCUT2D eigenvalue weighted by atomic mass is 10.0. The molecule has 0 saturated heterocycles. The SMILES string of the molecule is C[C@H](NC(=O)C(N)CCc1ccccc1)c1ccncc1. The van der Waals surface area contributed by atoms with Crippen LogP contribution in [0.1, 0.15) is 30.5 Å². The van der Waals surface area contributed by atoms with Crippen LogP contribution in [0.15, 0.2) is 54.9 Å². The highest BCUT2D eigenvalue weighted by Crippen LogP contribution is 2.11. The molecule has 0 saturated carbocycles. The maximum atomic E-state index is 12.1. The monoisotopic (exact) mass is 283 g/mol. The standard InChI is InChI=1S/C17H21N3O/c1-13(15-9-11-19-12-10-15)20-17(21)16(18)8-7-14-5-3-2-4-6-14/h2-6,9-13,16H,7-8,18H2,1H3,(H,20,21)/t13-,16?/m0/s1. The summed E-state index contributed by atoms with van der Waals surface area (Å²) >= 11 is 0. The first-order valence-electron chi connectivity index (χ1n) is 7.16. The summed E-state index contributed by atoms with van der Waals surface area (Å²) in [5.41, 5.74) is 8.19. The molecule has 0 spiro atoms. The van der Waals surface area contributed by atoms with Crippen LogP contribution in [0.25, 0.3) is 0 Å². The second-order valence-corrected chi connectivity index (χ2v) is 5.14. The lowest BCUT2D eigenvalue weighted by Gasteiger charge is -2.17. The van der Waals surface area contributed by atoms with Crippen LogP contribution in [0.3, 0.4) is 0 Å². The van der Waals surface area contributed by atoms with Crippen molar-refractivity contribution >= 4 is 5.91 Å². The molecule has 21 heavy (non-hydrogen) atoms. The minimum Gasteiger partial charge on any atom is -0.348 e. The van der Waals surface area contributed by atoms with E-state index < -0.39 is 6.04 Å². The predicted octanol–water partition coefficient (Wildman–Crippen LogP) is 2.22. The van der Waals surface area contributed by atoms with Gasteiger partial charge in [-0.2, -0.15) is 0 Å². The van der Waals surface area contributed by atoms with E-state index >= 15 is 0 Å². The van der Waals surface area contributed by atoms with Crippen molar-refractivity contribution in [2.75, 3.05) is 0 Å². The van der Waals surface area contributed by atoms with Gasteiger partial charge in [-0.1, -0.05) is 30.3 Å². The van der Waals surface area contributed by atoms with E-state index in [0.29, 0.717) is 6.42 Å². The summed E-state index contributed by atoms with van der Waals surface area (Å²) in [6, 6.07) is 13.3. The molecule has 4 heteroatoms. The van der Waals surface area contributed by atoms with E-state index in [1.54, 1.807) is 12.4 Å². The third-order valence-electron chi connectivity index (χ3n) is 3.49. The Labute approximate surface area is 125 Å². The van der Waals surface area contributed by atoms with Crippen molar-refractivity contribution in [2.24, 2.45) is 5.73 Å². The minimum atomic E-state index is -0.491. The van der Waals surface area contributed by atoms with Crippen LogP contribution in [-0.4, -0.2) is 16.9 Å².